The number of esters is 1. The van der Waals surface area contributed by atoms with Crippen LogP contribution in [0.25, 0.3) is 6.08 Å². The average Bonchev–Trinajstić information content (AvgIpc) is 2.70. The van der Waals surface area contributed by atoms with E-state index in [2.05, 4.69) is 41.1 Å². The molecule has 1 fully saturated rings. The summed E-state index contributed by atoms with van der Waals surface area (Å²) in [4.78, 5) is 16.5. The number of carbonyl (C=O) groups excluding carboxylic acids is 1. The monoisotopic (exact) mass is 398 g/mol. The van der Waals surface area contributed by atoms with Crippen LogP contribution in [0.4, 0.5) is 0 Å². The first kappa shape index (κ1) is 20.6. The molecule has 1 heterocycles. The number of likely N-dealkylation sites (N-methyl/N-ethyl adjacent to an activating group) is 1. The smallest absolute Gasteiger partial charge is 0.330 e. The Balaban J connectivity index is 1.90. The molecule has 0 radical (unpaired) electrons. The zero-order chi connectivity index (χ0) is 19.9. The summed E-state index contributed by atoms with van der Waals surface area (Å²) in [6.07, 6.45) is 3.29. The van der Waals surface area contributed by atoms with Crippen molar-refractivity contribution in [2.24, 2.45) is 0 Å². The summed E-state index contributed by atoms with van der Waals surface area (Å²) in [7, 11) is 2.16. The normalized spacial score (nSPS) is 17.0. The van der Waals surface area contributed by atoms with Crippen molar-refractivity contribution >= 4 is 23.6 Å². The molecule has 3 rings (SSSR count). The van der Waals surface area contributed by atoms with Crippen molar-refractivity contribution in [2.45, 2.75) is 13.0 Å². The van der Waals surface area contributed by atoms with Crippen LogP contribution in [0.1, 0.15) is 29.7 Å². The van der Waals surface area contributed by atoms with Gasteiger partial charge >= 0.3 is 5.97 Å². The first-order chi connectivity index (χ1) is 13.6. The predicted molar refractivity (Wildman–Crippen MR) is 114 cm³/mol. The molecule has 2 aromatic carbocycles. The van der Waals surface area contributed by atoms with Crippen LogP contribution in [0.5, 0.6) is 0 Å². The Morgan fingerprint density at radius 2 is 1.82 bits per heavy atom. The molecule has 1 aliphatic rings. The maximum absolute atomic E-state index is 11.6. The van der Waals surface area contributed by atoms with Crippen molar-refractivity contribution < 1.29 is 9.53 Å². The van der Waals surface area contributed by atoms with Gasteiger partial charge in [-0.3, -0.25) is 4.90 Å². The maximum Gasteiger partial charge on any atom is 0.330 e. The van der Waals surface area contributed by atoms with E-state index in [0.29, 0.717) is 6.61 Å². The molecule has 5 heteroatoms. The van der Waals surface area contributed by atoms with Crippen LogP contribution < -0.4 is 0 Å². The van der Waals surface area contributed by atoms with Gasteiger partial charge in [0.1, 0.15) is 0 Å². The molecule has 1 aliphatic heterocycles. The molecule has 0 amide bonds. The lowest BCUT2D eigenvalue weighted by atomic mass is 9.95. The van der Waals surface area contributed by atoms with Crippen molar-refractivity contribution in [2.75, 3.05) is 39.8 Å². The van der Waals surface area contributed by atoms with E-state index in [9.17, 15) is 4.79 Å². The molecule has 4 nitrogen and oxygen atoms in total. The van der Waals surface area contributed by atoms with Crippen LogP contribution >= 0.6 is 11.6 Å². The van der Waals surface area contributed by atoms with Crippen molar-refractivity contribution in [3.05, 3.63) is 76.3 Å². The number of piperazine rings is 1. The number of hydrogen-bond donors (Lipinski definition) is 0. The summed E-state index contributed by atoms with van der Waals surface area (Å²) in [6.45, 7) is 6.29. The third-order valence-corrected chi connectivity index (χ3v) is 5.27. The average molecular weight is 399 g/mol. The lowest BCUT2D eigenvalue weighted by molar-refractivity contribution is -0.137. The van der Waals surface area contributed by atoms with E-state index in [1.165, 1.54) is 17.2 Å². The van der Waals surface area contributed by atoms with Crippen LogP contribution in [0, 0.1) is 0 Å². The first-order valence-electron chi connectivity index (χ1n) is 9.69. The van der Waals surface area contributed by atoms with E-state index in [1.807, 2.05) is 30.3 Å². The molecular formula is C23H27ClN2O2. The molecule has 1 unspecified atom stereocenters. The van der Waals surface area contributed by atoms with E-state index in [4.69, 9.17) is 16.3 Å². The second-order valence-electron chi connectivity index (χ2n) is 7.05. The second kappa shape index (κ2) is 9.87. The van der Waals surface area contributed by atoms with Gasteiger partial charge in [0.2, 0.25) is 0 Å². The van der Waals surface area contributed by atoms with Crippen molar-refractivity contribution in [1.82, 2.24) is 9.80 Å². The standard InChI is InChI=1S/C23H27ClN2O2/c1-3-28-22(27)12-7-18-5-4-6-20(17-18)23(19-8-10-21(24)11-9-19)26-15-13-25(2)14-16-26/h4-12,17,23H,3,13-16H2,1-2H3/b12-7+. The van der Waals surface area contributed by atoms with Gasteiger partial charge in [-0.25, -0.2) is 4.79 Å². The summed E-state index contributed by atoms with van der Waals surface area (Å²) in [5.41, 5.74) is 3.41. The number of benzene rings is 2. The number of ether oxygens (including phenoxy) is 1. The molecule has 0 aliphatic carbocycles. The molecule has 2 aromatic rings. The largest absolute Gasteiger partial charge is 0.463 e. The highest BCUT2D eigenvalue weighted by atomic mass is 35.5. The Bertz CT molecular complexity index is 812. The highest BCUT2D eigenvalue weighted by Gasteiger charge is 2.25. The molecule has 0 aromatic heterocycles. The fourth-order valence-electron chi connectivity index (χ4n) is 3.53. The van der Waals surface area contributed by atoms with Gasteiger partial charge < -0.3 is 9.64 Å². The lowest BCUT2D eigenvalue weighted by Crippen LogP contribution is -2.46. The third kappa shape index (κ3) is 5.44. The second-order valence-corrected chi connectivity index (χ2v) is 7.49. The highest BCUT2D eigenvalue weighted by molar-refractivity contribution is 6.30. The molecule has 148 valence electrons. The quantitative estimate of drug-likeness (QED) is 0.538. The van der Waals surface area contributed by atoms with E-state index < -0.39 is 0 Å². The van der Waals surface area contributed by atoms with Gasteiger partial charge in [-0.1, -0.05) is 41.9 Å². The Labute approximate surface area is 172 Å². The molecule has 0 bridgehead atoms. The number of carbonyl (C=O) groups is 1. The zero-order valence-corrected chi connectivity index (χ0v) is 17.2. The molecule has 0 saturated carbocycles. The van der Waals surface area contributed by atoms with E-state index in [0.717, 1.165) is 36.8 Å². The fraction of sp³-hybridized carbons (Fsp3) is 0.348. The molecular weight excluding hydrogens is 372 g/mol. The van der Waals surface area contributed by atoms with E-state index >= 15 is 0 Å². The van der Waals surface area contributed by atoms with Gasteiger partial charge in [0, 0.05) is 37.3 Å². The Morgan fingerprint density at radius 3 is 2.50 bits per heavy atom. The predicted octanol–water partition coefficient (Wildman–Crippen LogP) is 4.25. The van der Waals surface area contributed by atoms with Crippen LogP contribution in [0.2, 0.25) is 5.02 Å². The van der Waals surface area contributed by atoms with Crippen molar-refractivity contribution in [1.29, 1.82) is 0 Å². The van der Waals surface area contributed by atoms with Crippen LogP contribution in [0.3, 0.4) is 0 Å². The van der Waals surface area contributed by atoms with Gasteiger partial charge in [0.05, 0.1) is 12.6 Å². The molecule has 0 N–H and O–H groups in total. The van der Waals surface area contributed by atoms with Gasteiger partial charge in [0.25, 0.3) is 0 Å². The maximum atomic E-state index is 11.6. The number of hydrogen-bond acceptors (Lipinski definition) is 4. The summed E-state index contributed by atoms with van der Waals surface area (Å²) in [5.74, 6) is -0.318. The first-order valence-corrected chi connectivity index (χ1v) is 10.1. The minimum atomic E-state index is -0.318. The summed E-state index contributed by atoms with van der Waals surface area (Å²) in [5, 5.41) is 0.743. The molecule has 0 spiro atoms. The number of nitrogens with zero attached hydrogens (tertiary/aromatic N) is 2. The summed E-state index contributed by atoms with van der Waals surface area (Å²) in [6, 6.07) is 16.6. The minimum Gasteiger partial charge on any atom is -0.463 e. The highest BCUT2D eigenvalue weighted by Crippen LogP contribution is 2.31. The van der Waals surface area contributed by atoms with Gasteiger partial charge in [0.15, 0.2) is 0 Å². The van der Waals surface area contributed by atoms with Crippen LogP contribution in [-0.2, 0) is 9.53 Å². The fourth-order valence-corrected chi connectivity index (χ4v) is 3.65. The minimum absolute atomic E-state index is 0.155. The summed E-state index contributed by atoms with van der Waals surface area (Å²) < 4.78 is 4.98. The number of rotatable bonds is 6. The van der Waals surface area contributed by atoms with Crippen LogP contribution in [-0.4, -0.2) is 55.6 Å². The topological polar surface area (TPSA) is 32.8 Å². The van der Waals surface area contributed by atoms with Gasteiger partial charge in [-0.05, 0) is 54.9 Å². The number of halogens is 1. The van der Waals surface area contributed by atoms with Gasteiger partial charge in [-0.2, -0.15) is 0 Å². The third-order valence-electron chi connectivity index (χ3n) is 5.01. The SMILES string of the molecule is CCOC(=O)/C=C/c1cccc(C(c2ccc(Cl)cc2)N2CCN(C)CC2)c1. The molecule has 1 saturated heterocycles. The van der Waals surface area contributed by atoms with Crippen molar-refractivity contribution in [3.8, 4) is 0 Å². The zero-order valence-electron chi connectivity index (χ0n) is 16.5. The Morgan fingerprint density at radius 1 is 1.11 bits per heavy atom. The lowest BCUT2D eigenvalue weighted by Gasteiger charge is -2.38. The Kier molecular flexibility index (Phi) is 7.26. The molecule has 1 atom stereocenters. The van der Waals surface area contributed by atoms with Crippen molar-refractivity contribution in [3.63, 3.8) is 0 Å². The molecule has 28 heavy (non-hydrogen) atoms. The van der Waals surface area contributed by atoms with E-state index in [1.54, 1.807) is 6.92 Å². The Hall–Kier alpha value is -2.14. The van der Waals surface area contributed by atoms with E-state index in [-0.39, 0.29) is 12.0 Å². The van der Waals surface area contributed by atoms with Gasteiger partial charge in [-0.15, -0.1) is 0 Å². The van der Waals surface area contributed by atoms with Crippen LogP contribution in [0.15, 0.2) is 54.6 Å². The summed E-state index contributed by atoms with van der Waals surface area (Å²) >= 11 is 6.12.